The van der Waals surface area contributed by atoms with E-state index in [1.165, 1.54) is 0 Å². The molecule has 0 aliphatic heterocycles. The Morgan fingerprint density at radius 2 is 2.04 bits per heavy atom. The summed E-state index contributed by atoms with van der Waals surface area (Å²) in [6.45, 7) is 6.04. The Kier molecular flexibility index (Phi) is 4.51. The van der Waals surface area contributed by atoms with E-state index in [1.807, 2.05) is 18.2 Å². The van der Waals surface area contributed by atoms with Gasteiger partial charge in [0.05, 0.1) is 17.0 Å². The fourth-order valence-corrected chi connectivity index (χ4v) is 3.01. The molecule has 0 saturated carbocycles. The quantitative estimate of drug-likeness (QED) is 0.631. The summed E-state index contributed by atoms with van der Waals surface area (Å²) in [6.07, 6.45) is 2.49. The summed E-state index contributed by atoms with van der Waals surface area (Å²) in [5, 5.41) is 8.39. The second-order valence-corrected chi connectivity index (χ2v) is 6.96. The summed E-state index contributed by atoms with van der Waals surface area (Å²) in [5.41, 5.74) is 3.65. The molecule has 5 nitrogen and oxygen atoms in total. The van der Waals surface area contributed by atoms with Crippen LogP contribution in [0.4, 0.5) is 0 Å². The fraction of sp³-hybridized carbons (Fsp3) is 0.421. The first-order valence-corrected chi connectivity index (χ1v) is 8.27. The zero-order valence-corrected chi connectivity index (χ0v) is 14.3. The third-order valence-corrected chi connectivity index (χ3v) is 4.17. The Balaban J connectivity index is 1.95. The Morgan fingerprint density at radius 1 is 1.29 bits per heavy atom. The van der Waals surface area contributed by atoms with Crippen molar-refractivity contribution in [3.63, 3.8) is 0 Å². The molecule has 1 aromatic carbocycles. The number of fused-ring (bicyclic) bond motifs is 1. The van der Waals surface area contributed by atoms with Crippen LogP contribution in [0.15, 0.2) is 40.0 Å². The van der Waals surface area contributed by atoms with Crippen LogP contribution in [0.25, 0.3) is 0 Å². The molecule has 3 rings (SSSR count). The fourth-order valence-electron chi connectivity index (χ4n) is 3.01. The minimum atomic E-state index is -0.339. The number of carbonyl (C=O) groups excluding carboxylic acids is 1. The number of hydrogen-bond acceptors (Lipinski definition) is 5. The summed E-state index contributed by atoms with van der Waals surface area (Å²) in [6, 6.07) is 10.1. The minimum Gasteiger partial charge on any atom is -0.360 e. The van der Waals surface area contributed by atoms with E-state index in [0.29, 0.717) is 12.8 Å². The van der Waals surface area contributed by atoms with E-state index in [0.717, 1.165) is 41.1 Å². The SMILES string of the molecule is CCC(=O)ON=C1CC(C)(C)Cc2onc(Cc3ccccc3)c21. The highest BCUT2D eigenvalue weighted by Gasteiger charge is 2.35. The van der Waals surface area contributed by atoms with Crippen molar-refractivity contribution in [2.75, 3.05) is 0 Å². The molecule has 24 heavy (non-hydrogen) atoms. The third kappa shape index (κ3) is 3.55. The van der Waals surface area contributed by atoms with Gasteiger partial charge in [0.15, 0.2) is 0 Å². The van der Waals surface area contributed by atoms with Crippen molar-refractivity contribution < 1.29 is 14.2 Å². The first-order chi connectivity index (χ1) is 11.5. The van der Waals surface area contributed by atoms with Crippen LogP contribution in [0.2, 0.25) is 0 Å². The van der Waals surface area contributed by atoms with E-state index >= 15 is 0 Å². The van der Waals surface area contributed by atoms with Crippen LogP contribution < -0.4 is 0 Å². The van der Waals surface area contributed by atoms with Crippen molar-refractivity contribution in [1.82, 2.24) is 5.16 Å². The highest BCUT2D eigenvalue weighted by Crippen LogP contribution is 2.37. The smallest absolute Gasteiger partial charge is 0.334 e. The van der Waals surface area contributed by atoms with Crippen molar-refractivity contribution in [3.05, 3.63) is 52.9 Å². The van der Waals surface area contributed by atoms with Gasteiger partial charge in [0.2, 0.25) is 0 Å². The monoisotopic (exact) mass is 326 g/mol. The molecule has 0 atom stereocenters. The third-order valence-electron chi connectivity index (χ3n) is 4.17. The predicted molar refractivity (Wildman–Crippen MR) is 90.8 cm³/mol. The van der Waals surface area contributed by atoms with E-state index in [9.17, 15) is 4.79 Å². The molecule has 0 fully saturated rings. The van der Waals surface area contributed by atoms with Crippen LogP contribution in [0.1, 0.15) is 56.2 Å². The number of hydrogen-bond donors (Lipinski definition) is 0. The van der Waals surface area contributed by atoms with E-state index < -0.39 is 0 Å². The first-order valence-electron chi connectivity index (χ1n) is 8.27. The van der Waals surface area contributed by atoms with Crippen LogP contribution >= 0.6 is 0 Å². The Hall–Kier alpha value is -2.43. The Bertz CT molecular complexity index is 760. The summed E-state index contributed by atoms with van der Waals surface area (Å²) in [4.78, 5) is 16.5. The normalized spacial score (nSPS) is 17.5. The molecule has 2 aromatic rings. The Labute approximate surface area is 141 Å². The average Bonchev–Trinajstić information content (AvgIpc) is 2.94. The van der Waals surface area contributed by atoms with Gasteiger partial charge in [-0.3, -0.25) is 0 Å². The second kappa shape index (κ2) is 6.59. The van der Waals surface area contributed by atoms with Gasteiger partial charge in [-0.05, 0) is 17.4 Å². The van der Waals surface area contributed by atoms with E-state index in [1.54, 1.807) is 6.92 Å². The largest absolute Gasteiger partial charge is 0.360 e. The molecular weight excluding hydrogens is 304 g/mol. The lowest BCUT2D eigenvalue weighted by Crippen LogP contribution is -2.27. The van der Waals surface area contributed by atoms with E-state index in [4.69, 9.17) is 9.36 Å². The van der Waals surface area contributed by atoms with Crippen molar-refractivity contribution in [3.8, 4) is 0 Å². The molecule has 0 bridgehead atoms. The number of aromatic nitrogens is 1. The first kappa shape index (κ1) is 16.4. The van der Waals surface area contributed by atoms with Gasteiger partial charge in [-0.25, -0.2) is 4.79 Å². The minimum absolute atomic E-state index is 0.00595. The highest BCUT2D eigenvalue weighted by molar-refractivity contribution is 6.03. The van der Waals surface area contributed by atoms with Gasteiger partial charge < -0.3 is 9.36 Å². The van der Waals surface area contributed by atoms with Gasteiger partial charge in [0.25, 0.3) is 0 Å². The topological polar surface area (TPSA) is 64.7 Å². The number of oxime groups is 1. The summed E-state index contributed by atoms with van der Waals surface area (Å²) in [7, 11) is 0. The number of nitrogens with zero attached hydrogens (tertiary/aromatic N) is 2. The predicted octanol–water partition coefficient (Wildman–Crippen LogP) is 3.90. The molecule has 1 aliphatic carbocycles. The lowest BCUT2D eigenvalue weighted by atomic mass is 9.75. The van der Waals surface area contributed by atoms with Crippen LogP contribution in [0.3, 0.4) is 0 Å². The van der Waals surface area contributed by atoms with E-state index in [2.05, 4.69) is 36.3 Å². The van der Waals surface area contributed by atoms with Crippen LogP contribution in [-0.4, -0.2) is 16.8 Å². The standard InChI is InChI=1S/C19H22N2O3/c1-4-17(22)24-21-15-11-19(2,3)12-16-18(15)14(20-23-16)10-13-8-6-5-7-9-13/h5-9H,4,10-12H2,1-3H3. The molecule has 0 amide bonds. The maximum absolute atomic E-state index is 11.5. The number of rotatable bonds is 4. The van der Waals surface area contributed by atoms with E-state index in [-0.39, 0.29) is 11.4 Å². The van der Waals surface area contributed by atoms with Gasteiger partial charge in [-0.1, -0.05) is 61.4 Å². The van der Waals surface area contributed by atoms with Gasteiger partial charge in [-0.15, -0.1) is 0 Å². The van der Waals surface area contributed by atoms with Crippen molar-refractivity contribution in [1.29, 1.82) is 0 Å². The molecule has 0 radical (unpaired) electrons. The van der Waals surface area contributed by atoms with Crippen molar-refractivity contribution >= 4 is 11.7 Å². The lowest BCUT2D eigenvalue weighted by Gasteiger charge is -2.28. The van der Waals surface area contributed by atoms with Crippen LogP contribution in [-0.2, 0) is 22.5 Å². The number of benzene rings is 1. The molecule has 1 aromatic heterocycles. The summed E-state index contributed by atoms with van der Waals surface area (Å²) < 4.78 is 5.59. The molecule has 1 heterocycles. The molecule has 5 heteroatoms. The van der Waals surface area contributed by atoms with Gasteiger partial charge in [0.1, 0.15) is 5.76 Å². The molecule has 0 unspecified atom stereocenters. The highest BCUT2D eigenvalue weighted by atomic mass is 16.7. The van der Waals surface area contributed by atoms with Gasteiger partial charge in [-0.2, -0.15) is 0 Å². The van der Waals surface area contributed by atoms with Gasteiger partial charge in [0, 0.05) is 19.3 Å². The molecule has 126 valence electrons. The van der Waals surface area contributed by atoms with Crippen molar-refractivity contribution in [2.45, 2.75) is 46.5 Å². The maximum Gasteiger partial charge on any atom is 0.334 e. The molecule has 1 aliphatic rings. The maximum atomic E-state index is 11.5. The Morgan fingerprint density at radius 3 is 2.75 bits per heavy atom. The van der Waals surface area contributed by atoms with Crippen molar-refractivity contribution in [2.24, 2.45) is 10.6 Å². The summed E-state index contributed by atoms with van der Waals surface area (Å²) in [5.74, 6) is 0.483. The second-order valence-electron chi connectivity index (χ2n) is 6.96. The molecule has 0 N–H and O–H groups in total. The summed E-state index contributed by atoms with van der Waals surface area (Å²) >= 11 is 0. The average molecular weight is 326 g/mol. The lowest BCUT2D eigenvalue weighted by molar-refractivity contribution is -0.143. The van der Waals surface area contributed by atoms with Crippen LogP contribution in [0.5, 0.6) is 0 Å². The molecule has 0 spiro atoms. The zero-order chi connectivity index (χ0) is 17.2. The molecular formula is C19H22N2O3. The van der Waals surface area contributed by atoms with Crippen LogP contribution in [0, 0.1) is 5.41 Å². The number of carbonyl (C=O) groups is 1. The molecule has 0 saturated heterocycles. The van der Waals surface area contributed by atoms with Gasteiger partial charge >= 0.3 is 5.97 Å². The zero-order valence-electron chi connectivity index (χ0n) is 14.3.